The molecular formula is C13H24N2OS. The summed E-state index contributed by atoms with van der Waals surface area (Å²) in [7, 11) is 0. The Balaban J connectivity index is 1.88. The second-order valence-electron chi connectivity index (χ2n) is 6.24. The normalized spacial score (nSPS) is 34.2. The molecule has 1 atom stereocenters. The van der Waals surface area contributed by atoms with Gasteiger partial charge in [0.1, 0.15) is 0 Å². The molecule has 0 aromatic carbocycles. The average molecular weight is 256 g/mol. The number of likely N-dealkylation sites (tertiary alicyclic amines) is 1. The molecule has 1 spiro atoms. The van der Waals surface area contributed by atoms with E-state index in [0.29, 0.717) is 5.41 Å². The Morgan fingerprint density at radius 1 is 1.53 bits per heavy atom. The molecule has 0 aromatic heterocycles. The maximum absolute atomic E-state index is 12.2. The second kappa shape index (κ2) is 4.81. The molecule has 1 aliphatic heterocycles. The van der Waals surface area contributed by atoms with Crippen LogP contribution in [0.3, 0.4) is 0 Å². The van der Waals surface area contributed by atoms with Crippen LogP contribution in [0.15, 0.2) is 0 Å². The SMILES string of the molecule is CC(C)[C@H](N)C(=O)N1CCC2(CC(CS)C2)C1. The number of rotatable bonds is 3. The van der Waals surface area contributed by atoms with Crippen LogP contribution < -0.4 is 5.73 Å². The van der Waals surface area contributed by atoms with E-state index in [9.17, 15) is 4.79 Å². The smallest absolute Gasteiger partial charge is 0.239 e. The Bertz CT molecular complexity index is 300. The lowest BCUT2D eigenvalue weighted by molar-refractivity contribution is -0.133. The lowest BCUT2D eigenvalue weighted by atomic mass is 9.62. The predicted octanol–water partition coefficient (Wildman–Crippen LogP) is 1.53. The lowest BCUT2D eigenvalue weighted by Gasteiger charge is -2.44. The van der Waals surface area contributed by atoms with Crippen molar-refractivity contribution in [3.63, 3.8) is 0 Å². The van der Waals surface area contributed by atoms with Crippen LogP contribution in [0, 0.1) is 17.3 Å². The summed E-state index contributed by atoms with van der Waals surface area (Å²) in [6.07, 6.45) is 3.65. The predicted molar refractivity (Wildman–Crippen MR) is 73.0 cm³/mol. The van der Waals surface area contributed by atoms with Crippen molar-refractivity contribution in [3.05, 3.63) is 0 Å². The quantitative estimate of drug-likeness (QED) is 0.752. The van der Waals surface area contributed by atoms with E-state index in [1.807, 2.05) is 18.7 Å². The van der Waals surface area contributed by atoms with Crippen molar-refractivity contribution in [1.82, 2.24) is 4.90 Å². The molecule has 0 bridgehead atoms. The summed E-state index contributed by atoms with van der Waals surface area (Å²) in [4.78, 5) is 14.1. The van der Waals surface area contributed by atoms with Crippen molar-refractivity contribution in [2.24, 2.45) is 23.0 Å². The van der Waals surface area contributed by atoms with Crippen molar-refractivity contribution < 1.29 is 4.79 Å². The second-order valence-corrected chi connectivity index (χ2v) is 6.60. The number of thiol groups is 1. The summed E-state index contributed by atoms with van der Waals surface area (Å²) in [6, 6.07) is -0.328. The molecule has 3 nitrogen and oxygen atoms in total. The Labute approximate surface area is 110 Å². The summed E-state index contributed by atoms with van der Waals surface area (Å²) >= 11 is 4.34. The zero-order valence-corrected chi connectivity index (χ0v) is 11.7. The van der Waals surface area contributed by atoms with Gasteiger partial charge in [-0.25, -0.2) is 0 Å². The highest BCUT2D eigenvalue weighted by Crippen LogP contribution is 2.52. The molecule has 17 heavy (non-hydrogen) atoms. The Morgan fingerprint density at radius 3 is 2.71 bits per heavy atom. The van der Waals surface area contributed by atoms with Crippen molar-refractivity contribution in [2.75, 3.05) is 18.8 Å². The van der Waals surface area contributed by atoms with Gasteiger partial charge >= 0.3 is 0 Å². The van der Waals surface area contributed by atoms with Gasteiger partial charge in [-0.1, -0.05) is 13.8 Å². The third-order valence-corrected chi connectivity index (χ3v) is 4.97. The van der Waals surface area contributed by atoms with Crippen molar-refractivity contribution in [1.29, 1.82) is 0 Å². The van der Waals surface area contributed by atoms with E-state index in [4.69, 9.17) is 5.73 Å². The van der Waals surface area contributed by atoms with Gasteiger partial charge in [0.15, 0.2) is 0 Å². The molecule has 1 saturated carbocycles. The number of amides is 1. The molecule has 0 aromatic rings. The minimum Gasteiger partial charge on any atom is -0.341 e. The summed E-state index contributed by atoms with van der Waals surface area (Å²) in [6.45, 7) is 5.85. The first-order chi connectivity index (χ1) is 7.97. The van der Waals surface area contributed by atoms with Gasteiger partial charge in [-0.3, -0.25) is 4.79 Å². The fourth-order valence-electron chi connectivity index (χ4n) is 3.25. The van der Waals surface area contributed by atoms with Gasteiger partial charge in [0, 0.05) is 13.1 Å². The maximum Gasteiger partial charge on any atom is 0.239 e. The molecule has 98 valence electrons. The summed E-state index contributed by atoms with van der Waals surface area (Å²) in [5.41, 5.74) is 6.35. The monoisotopic (exact) mass is 256 g/mol. The first-order valence-electron chi connectivity index (χ1n) is 6.63. The van der Waals surface area contributed by atoms with Crippen molar-refractivity contribution in [2.45, 2.75) is 39.2 Å². The number of nitrogens with two attached hydrogens (primary N) is 1. The van der Waals surface area contributed by atoms with Crippen LogP contribution in [-0.4, -0.2) is 35.7 Å². The molecule has 4 heteroatoms. The topological polar surface area (TPSA) is 46.3 Å². The molecular weight excluding hydrogens is 232 g/mol. The molecule has 2 aliphatic rings. The molecule has 2 N–H and O–H groups in total. The Kier molecular flexibility index (Phi) is 3.74. The van der Waals surface area contributed by atoms with Crippen LogP contribution in [0.1, 0.15) is 33.1 Å². The standard InChI is InChI=1S/C13H24N2OS/c1-9(2)11(14)12(16)15-4-3-13(8-15)5-10(6-13)7-17/h9-11,17H,3-8,14H2,1-2H3/t10?,11-,13?/m0/s1. The molecule has 1 saturated heterocycles. The number of hydrogen-bond donors (Lipinski definition) is 2. The number of carbonyl (C=O) groups excluding carboxylic acids is 1. The van der Waals surface area contributed by atoms with Gasteiger partial charge < -0.3 is 10.6 Å². The summed E-state index contributed by atoms with van der Waals surface area (Å²) in [5, 5.41) is 0. The van der Waals surface area contributed by atoms with Gasteiger partial charge in [-0.2, -0.15) is 12.6 Å². The fraction of sp³-hybridized carbons (Fsp3) is 0.923. The summed E-state index contributed by atoms with van der Waals surface area (Å²) < 4.78 is 0. The molecule has 1 aliphatic carbocycles. The first kappa shape index (κ1) is 13.2. The van der Waals surface area contributed by atoms with E-state index in [1.165, 1.54) is 12.8 Å². The van der Waals surface area contributed by atoms with Crippen LogP contribution in [0.2, 0.25) is 0 Å². The van der Waals surface area contributed by atoms with Crippen LogP contribution in [0.5, 0.6) is 0 Å². The van der Waals surface area contributed by atoms with Crippen LogP contribution >= 0.6 is 12.6 Å². The molecule has 1 heterocycles. The highest BCUT2D eigenvalue weighted by Gasteiger charge is 2.49. The minimum absolute atomic E-state index is 0.145. The highest BCUT2D eigenvalue weighted by molar-refractivity contribution is 7.80. The van der Waals surface area contributed by atoms with Gasteiger partial charge in [-0.05, 0) is 42.3 Å². The van der Waals surface area contributed by atoms with Gasteiger partial charge in [-0.15, -0.1) is 0 Å². The lowest BCUT2D eigenvalue weighted by Crippen LogP contribution is -2.47. The van der Waals surface area contributed by atoms with E-state index in [1.54, 1.807) is 0 Å². The molecule has 2 rings (SSSR count). The Hall–Kier alpha value is -0.220. The zero-order chi connectivity index (χ0) is 12.6. The third kappa shape index (κ3) is 2.48. The van der Waals surface area contributed by atoms with E-state index in [2.05, 4.69) is 12.6 Å². The number of hydrogen-bond acceptors (Lipinski definition) is 3. The molecule has 0 radical (unpaired) electrons. The van der Waals surface area contributed by atoms with Gasteiger partial charge in [0.05, 0.1) is 6.04 Å². The van der Waals surface area contributed by atoms with Crippen LogP contribution in [0.25, 0.3) is 0 Å². The third-order valence-electron chi connectivity index (χ3n) is 4.45. The van der Waals surface area contributed by atoms with Crippen molar-refractivity contribution >= 4 is 18.5 Å². The van der Waals surface area contributed by atoms with E-state index in [-0.39, 0.29) is 17.9 Å². The first-order valence-corrected chi connectivity index (χ1v) is 7.26. The average Bonchev–Trinajstić information content (AvgIpc) is 2.69. The minimum atomic E-state index is -0.328. The van der Waals surface area contributed by atoms with Crippen LogP contribution in [-0.2, 0) is 4.79 Å². The van der Waals surface area contributed by atoms with Gasteiger partial charge in [0.2, 0.25) is 5.91 Å². The highest BCUT2D eigenvalue weighted by atomic mass is 32.1. The van der Waals surface area contributed by atoms with E-state index >= 15 is 0 Å². The molecule has 1 amide bonds. The van der Waals surface area contributed by atoms with Crippen LogP contribution in [0.4, 0.5) is 0 Å². The maximum atomic E-state index is 12.2. The molecule has 0 unspecified atom stereocenters. The largest absolute Gasteiger partial charge is 0.341 e. The Morgan fingerprint density at radius 2 is 2.18 bits per heavy atom. The zero-order valence-electron chi connectivity index (χ0n) is 10.9. The number of nitrogens with zero attached hydrogens (tertiary/aromatic N) is 1. The number of carbonyl (C=O) groups is 1. The van der Waals surface area contributed by atoms with Crippen molar-refractivity contribution in [3.8, 4) is 0 Å². The van der Waals surface area contributed by atoms with E-state index in [0.717, 1.165) is 31.2 Å². The van der Waals surface area contributed by atoms with Gasteiger partial charge in [0.25, 0.3) is 0 Å². The summed E-state index contributed by atoms with van der Waals surface area (Å²) in [5.74, 6) is 2.13. The fourth-order valence-corrected chi connectivity index (χ4v) is 3.50. The molecule has 2 fully saturated rings. The van der Waals surface area contributed by atoms with E-state index < -0.39 is 0 Å².